The molecule has 2 aromatic rings. The van der Waals surface area contributed by atoms with E-state index in [1.165, 1.54) is 7.11 Å². The van der Waals surface area contributed by atoms with Crippen LogP contribution in [0.15, 0.2) is 30.5 Å². The molecule has 0 radical (unpaired) electrons. The fourth-order valence-electron chi connectivity index (χ4n) is 1.84. The number of anilines is 2. The maximum Gasteiger partial charge on any atom is 0.318 e. The minimum atomic E-state index is 0.306. The van der Waals surface area contributed by atoms with Gasteiger partial charge in [0.1, 0.15) is 5.02 Å². The highest BCUT2D eigenvalue weighted by molar-refractivity contribution is 6.32. The summed E-state index contributed by atoms with van der Waals surface area (Å²) in [6, 6.07) is 8.05. The second-order valence-corrected chi connectivity index (χ2v) is 4.69. The Hall–Kier alpha value is -2.01. The van der Waals surface area contributed by atoms with Gasteiger partial charge in [-0.2, -0.15) is 4.98 Å². The van der Waals surface area contributed by atoms with Crippen molar-refractivity contribution in [1.82, 2.24) is 9.97 Å². The minimum Gasteiger partial charge on any atom is -0.467 e. The van der Waals surface area contributed by atoms with Gasteiger partial charge in [-0.3, -0.25) is 0 Å². The van der Waals surface area contributed by atoms with Crippen molar-refractivity contribution in [3.05, 3.63) is 41.0 Å². The van der Waals surface area contributed by atoms with E-state index in [1.54, 1.807) is 6.20 Å². The molecule has 0 saturated carbocycles. The zero-order valence-electron chi connectivity index (χ0n) is 11.5. The van der Waals surface area contributed by atoms with Gasteiger partial charge in [0.2, 0.25) is 0 Å². The molecular formula is C14H17ClN4O. The molecule has 2 rings (SSSR count). The molecule has 2 N–H and O–H groups in total. The van der Waals surface area contributed by atoms with E-state index in [-0.39, 0.29) is 0 Å². The summed E-state index contributed by atoms with van der Waals surface area (Å²) in [5.74, 6) is 0.665. The van der Waals surface area contributed by atoms with Crippen LogP contribution in [0.25, 0.3) is 0 Å². The first kappa shape index (κ1) is 14.4. The summed E-state index contributed by atoms with van der Waals surface area (Å²) in [7, 11) is 1.53. The first-order valence-electron chi connectivity index (χ1n) is 6.30. The highest BCUT2D eigenvalue weighted by Gasteiger charge is 2.13. The molecule has 0 aliphatic heterocycles. The average Bonchev–Trinajstić information content (AvgIpc) is 2.47. The van der Waals surface area contributed by atoms with E-state index in [0.717, 1.165) is 17.8 Å². The Kier molecular flexibility index (Phi) is 4.63. The van der Waals surface area contributed by atoms with E-state index >= 15 is 0 Å². The summed E-state index contributed by atoms with van der Waals surface area (Å²) >= 11 is 6.18. The largest absolute Gasteiger partial charge is 0.467 e. The van der Waals surface area contributed by atoms with Gasteiger partial charge in [-0.1, -0.05) is 23.7 Å². The van der Waals surface area contributed by atoms with Gasteiger partial charge in [-0.05, 0) is 24.6 Å². The van der Waals surface area contributed by atoms with Gasteiger partial charge in [0.05, 0.1) is 13.3 Å². The Balaban J connectivity index is 2.25. The van der Waals surface area contributed by atoms with Crippen LogP contribution in [0.2, 0.25) is 5.02 Å². The Labute approximate surface area is 123 Å². The predicted octanol–water partition coefficient (Wildman–Crippen LogP) is 2.75. The molecule has 5 nitrogen and oxygen atoms in total. The Morgan fingerprint density at radius 2 is 2.00 bits per heavy atom. The Bertz CT molecular complexity index is 574. The molecule has 0 aliphatic rings. The number of ether oxygens (including phenoxy) is 1. The van der Waals surface area contributed by atoms with Gasteiger partial charge < -0.3 is 15.4 Å². The lowest BCUT2D eigenvalue weighted by molar-refractivity contribution is 0.379. The number of nitrogens with two attached hydrogens (primary N) is 1. The quantitative estimate of drug-likeness (QED) is 0.859. The van der Waals surface area contributed by atoms with Crippen molar-refractivity contribution in [2.75, 3.05) is 24.3 Å². The molecule has 0 amide bonds. The molecule has 1 heterocycles. The number of aromatic nitrogens is 2. The number of rotatable bonds is 5. The zero-order valence-corrected chi connectivity index (χ0v) is 12.3. The first-order chi connectivity index (χ1) is 9.63. The van der Waals surface area contributed by atoms with Crippen molar-refractivity contribution >= 4 is 23.1 Å². The summed E-state index contributed by atoms with van der Waals surface area (Å²) < 4.78 is 5.05. The topological polar surface area (TPSA) is 64.3 Å². The van der Waals surface area contributed by atoms with Crippen molar-refractivity contribution < 1.29 is 4.74 Å². The lowest BCUT2D eigenvalue weighted by Gasteiger charge is -2.23. The van der Waals surface area contributed by atoms with Gasteiger partial charge in [0.25, 0.3) is 0 Å². The molecule has 106 valence electrons. The highest BCUT2D eigenvalue weighted by Crippen LogP contribution is 2.25. The maximum absolute atomic E-state index is 6.18. The first-order valence-corrected chi connectivity index (χ1v) is 6.67. The molecule has 6 heteroatoms. The summed E-state index contributed by atoms with van der Waals surface area (Å²) in [6.07, 6.45) is 1.55. The van der Waals surface area contributed by atoms with E-state index in [9.17, 15) is 0 Å². The van der Waals surface area contributed by atoms with E-state index in [1.807, 2.05) is 31.2 Å². The molecular weight excluding hydrogens is 276 g/mol. The molecule has 0 aliphatic carbocycles. The SMILES string of the molecule is CCN(Cc1ccc(N)cc1)c1nc(OC)ncc1Cl. The summed E-state index contributed by atoms with van der Waals surface area (Å²) in [6.45, 7) is 3.50. The van der Waals surface area contributed by atoms with Crippen molar-refractivity contribution in [3.8, 4) is 6.01 Å². The third-order valence-corrected chi connectivity index (χ3v) is 3.19. The fourth-order valence-corrected chi connectivity index (χ4v) is 2.05. The number of nitrogens with zero attached hydrogens (tertiary/aromatic N) is 3. The summed E-state index contributed by atoms with van der Waals surface area (Å²) in [4.78, 5) is 10.3. The van der Waals surface area contributed by atoms with Crippen LogP contribution >= 0.6 is 11.6 Å². The van der Waals surface area contributed by atoms with E-state index in [2.05, 4.69) is 14.9 Å². The second-order valence-electron chi connectivity index (χ2n) is 4.28. The van der Waals surface area contributed by atoms with Gasteiger partial charge in [-0.15, -0.1) is 0 Å². The van der Waals surface area contributed by atoms with Gasteiger partial charge in [0.15, 0.2) is 5.82 Å². The number of halogens is 1. The molecule has 0 saturated heterocycles. The summed E-state index contributed by atoms with van der Waals surface area (Å²) in [5.41, 5.74) is 7.57. The number of methoxy groups -OCH3 is 1. The molecule has 0 fully saturated rings. The smallest absolute Gasteiger partial charge is 0.318 e. The van der Waals surface area contributed by atoms with Crippen LogP contribution in [-0.2, 0) is 6.54 Å². The monoisotopic (exact) mass is 292 g/mol. The number of hydrogen-bond donors (Lipinski definition) is 1. The third kappa shape index (κ3) is 3.30. The van der Waals surface area contributed by atoms with Crippen LogP contribution in [0.4, 0.5) is 11.5 Å². The van der Waals surface area contributed by atoms with E-state index in [4.69, 9.17) is 22.1 Å². The van der Waals surface area contributed by atoms with Gasteiger partial charge in [0, 0.05) is 18.8 Å². The molecule has 0 atom stereocenters. The lowest BCUT2D eigenvalue weighted by atomic mass is 10.2. The molecule has 0 bridgehead atoms. The fraction of sp³-hybridized carbons (Fsp3) is 0.286. The van der Waals surface area contributed by atoms with Crippen LogP contribution in [0.3, 0.4) is 0 Å². The predicted molar refractivity (Wildman–Crippen MR) is 81.2 cm³/mol. The Morgan fingerprint density at radius 1 is 1.30 bits per heavy atom. The van der Waals surface area contributed by atoms with E-state index in [0.29, 0.717) is 23.4 Å². The van der Waals surface area contributed by atoms with Crippen LogP contribution in [0.5, 0.6) is 6.01 Å². The minimum absolute atomic E-state index is 0.306. The third-order valence-electron chi connectivity index (χ3n) is 2.92. The van der Waals surface area contributed by atoms with Crippen LogP contribution in [0.1, 0.15) is 12.5 Å². The molecule has 1 aromatic carbocycles. The van der Waals surface area contributed by atoms with Gasteiger partial charge in [-0.25, -0.2) is 4.98 Å². The summed E-state index contributed by atoms with van der Waals surface area (Å²) in [5, 5.41) is 0.503. The van der Waals surface area contributed by atoms with E-state index < -0.39 is 0 Å². The molecule has 0 spiro atoms. The van der Waals surface area contributed by atoms with Crippen molar-refractivity contribution in [2.24, 2.45) is 0 Å². The lowest BCUT2D eigenvalue weighted by Crippen LogP contribution is -2.23. The average molecular weight is 293 g/mol. The molecule has 1 aromatic heterocycles. The van der Waals surface area contributed by atoms with Gasteiger partial charge >= 0.3 is 6.01 Å². The molecule has 20 heavy (non-hydrogen) atoms. The number of nitrogen functional groups attached to an aromatic ring is 1. The number of hydrogen-bond acceptors (Lipinski definition) is 5. The van der Waals surface area contributed by atoms with Crippen LogP contribution < -0.4 is 15.4 Å². The second kappa shape index (κ2) is 6.43. The molecule has 0 unspecified atom stereocenters. The van der Waals surface area contributed by atoms with Crippen LogP contribution in [0, 0.1) is 0 Å². The number of benzene rings is 1. The van der Waals surface area contributed by atoms with Crippen molar-refractivity contribution in [1.29, 1.82) is 0 Å². The van der Waals surface area contributed by atoms with Crippen molar-refractivity contribution in [3.63, 3.8) is 0 Å². The highest BCUT2D eigenvalue weighted by atomic mass is 35.5. The van der Waals surface area contributed by atoms with Crippen molar-refractivity contribution in [2.45, 2.75) is 13.5 Å². The maximum atomic E-state index is 6.18. The Morgan fingerprint density at radius 3 is 2.60 bits per heavy atom. The normalized spacial score (nSPS) is 10.3. The van der Waals surface area contributed by atoms with Crippen LogP contribution in [-0.4, -0.2) is 23.6 Å². The standard InChI is InChI=1S/C14H17ClN4O/c1-3-19(9-10-4-6-11(16)7-5-10)13-12(15)8-17-14(18-13)20-2/h4-8H,3,9,16H2,1-2H3. The zero-order chi connectivity index (χ0) is 14.5.